The number of fused-ring (bicyclic) bond motifs is 1. The number of aliphatic hydroxyl groups excluding tert-OH is 2. The quantitative estimate of drug-likeness (QED) is 0.206. The predicted molar refractivity (Wildman–Crippen MR) is 151 cm³/mol. The molecule has 0 aromatic heterocycles. The lowest BCUT2D eigenvalue weighted by Gasteiger charge is -2.52. The molecule has 2 saturated carbocycles. The van der Waals surface area contributed by atoms with Crippen molar-refractivity contribution in [3.63, 3.8) is 0 Å². The molecule has 0 radical (unpaired) electrons. The highest BCUT2D eigenvalue weighted by Crippen LogP contribution is 2.69. The first kappa shape index (κ1) is 31.3. The van der Waals surface area contributed by atoms with Crippen LogP contribution in [0.2, 0.25) is 0 Å². The minimum absolute atomic E-state index is 0.0622. The number of hydrogen-bond acceptors (Lipinski definition) is 11. The van der Waals surface area contributed by atoms with Crippen molar-refractivity contribution in [2.24, 2.45) is 16.7 Å². The first-order valence-corrected chi connectivity index (χ1v) is 14.5. The highest BCUT2D eigenvalue weighted by molar-refractivity contribution is 5.92. The fourth-order valence-corrected chi connectivity index (χ4v) is 7.45. The standard InChI is InChI=1S/C32H40O11/c1-17-14-32(16-29(3,4)27(38)26(32)30(5,39)31(17)12-13-31)43-28-25(40-18(2)34)23(37)24(21(15-33)41-28)42-22(36)11-8-19-6-9-20(35)10-7-19/h6-11,14,21,23-26,28,33,35,37,39H,12-13,15-16H2,1-5H3/b11-8-/t21-,23+,24-,25-,26-,28+,30-,32-/m1/s1. The molecule has 8 atom stereocenters. The third-order valence-corrected chi connectivity index (χ3v) is 9.62. The molecule has 1 saturated heterocycles. The Kier molecular flexibility index (Phi) is 7.88. The molecular formula is C32H40O11. The zero-order valence-corrected chi connectivity index (χ0v) is 25.0. The summed E-state index contributed by atoms with van der Waals surface area (Å²) in [5, 5.41) is 42.9. The third-order valence-electron chi connectivity index (χ3n) is 9.62. The van der Waals surface area contributed by atoms with Gasteiger partial charge in [-0.05, 0) is 56.9 Å². The molecule has 4 aliphatic rings. The number of aromatic hydroxyl groups is 1. The first-order valence-electron chi connectivity index (χ1n) is 14.5. The number of ketones is 1. The average molecular weight is 601 g/mol. The average Bonchev–Trinajstić information content (AvgIpc) is 3.70. The molecule has 1 aliphatic heterocycles. The summed E-state index contributed by atoms with van der Waals surface area (Å²) in [5.74, 6) is -2.70. The summed E-state index contributed by atoms with van der Waals surface area (Å²) in [4.78, 5) is 38.6. The van der Waals surface area contributed by atoms with Crippen molar-refractivity contribution in [3.8, 4) is 5.75 Å². The predicted octanol–water partition coefficient (Wildman–Crippen LogP) is 2.19. The number of carbonyl (C=O) groups is 3. The van der Waals surface area contributed by atoms with Crippen LogP contribution in [0.5, 0.6) is 5.75 Å². The number of ether oxygens (including phenoxy) is 4. The van der Waals surface area contributed by atoms with E-state index in [-0.39, 0.29) is 18.0 Å². The second kappa shape index (κ2) is 10.8. The molecule has 1 aromatic carbocycles. The molecule has 1 aromatic rings. The minimum atomic E-state index is -1.67. The largest absolute Gasteiger partial charge is 0.508 e. The first-order chi connectivity index (χ1) is 20.1. The van der Waals surface area contributed by atoms with E-state index in [0.717, 1.165) is 31.4 Å². The van der Waals surface area contributed by atoms with Crippen molar-refractivity contribution >= 4 is 23.8 Å². The van der Waals surface area contributed by atoms with Crippen molar-refractivity contribution in [2.75, 3.05) is 6.61 Å². The van der Waals surface area contributed by atoms with E-state index in [4.69, 9.17) is 18.9 Å². The number of phenols is 1. The highest BCUT2D eigenvalue weighted by atomic mass is 16.7. The van der Waals surface area contributed by atoms with Crippen LogP contribution in [-0.2, 0) is 33.3 Å². The summed E-state index contributed by atoms with van der Waals surface area (Å²) in [5.41, 5.74) is -2.72. The van der Waals surface area contributed by atoms with Crippen LogP contribution in [0.25, 0.3) is 6.08 Å². The maximum absolute atomic E-state index is 13.8. The van der Waals surface area contributed by atoms with Gasteiger partial charge in [0.05, 0.1) is 18.1 Å². The normalized spacial score (nSPS) is 37.6. The van der Waals surface area contributed by atoms with E-state index in [1.54, 1.807) is 32.9 Å². The van der Waals surface area contributed by atoms with Gasteiger partial charge in [-0.1, -0.05) is 37.6 Å². The Balaban J connectivity index is 1.44. The fraction of sp³-hybridized carbons (Fsp3) is 0.594. The Morgan fingerprint density at radius 2 is 1.74 bits per heavy atom. The highest BCUT2D eigenvalue weighted by Gasteiger charge is 2.74. The van der Waals surface area contributed by atoms with Crippen LogP contribution < -0.4 is 0 Å². The van der Waals surface area contributed by atoms with Gasteiger partial charge in [0.25, 0.3) is 0 Å². The lowest BCUT2D eigenvalue weighted by atomic mass is 9.61. The van der Waals surface area contributed by atoms with Gasteiger partial charge in [-0.2, -0.15) is 0 Å². The summed E-state index contributed by atoms with van der Waals surface area (Å²) in [6.07, 6.45) is -1.28. The Hall–Kier alpha value is -3.09. The van der Waals surface area contributed by atoms with E-state index >= 15 is 0 Å². The summed E-state index contributed by atoms with van der Waals surface area (Å²) < 4.78 is 23.5. The monoisotopic (exact) mass is 600 g/mol. The van der Waals surface area contributed by atoms with Crippen LogP contribution in [0.3, 0.4) is 0 Å². The molecule has 1 spiro atoms. The maximum atomic E-state index is 13.8. The van der Waals surface area contributed by atoms with Crippen molar-refractivity contribution in [2.45, 2.75) is 95.8 Å². The van der Waals surface area contributed by atoms with Crippen LogP contribution in [-0.4, -0.2) is 86.7 Å². The van der Waals surface area contributed by atoms with E-state index in [2.05, 4.69) is 0 Å². The van der Waals surface area contributed by atoms with Crippen molar-refractivity contribution in [1.82, 2.24) is 0 Å². The Morgan fingerprint density at radius 3 is 2.33 bits per heavy atom. The van der Waals surface area contributed by atoms with Gasteiger partial charge in [0.2, 0.25) is 0 Å². The smallest absolute Gasteiger partial charge is 0.331 e. The summed E-state index contributed by atoms with van der Waals surface area (Å²) in [6.45, 7) is 7.59. The Bertz CT molecular complexity index is 1340. The van der Waals surface area contributed by atoms with E-state index in [1.807, 2.05) is 13.0 Å². The van der Waals surface area contributed by atoms with Crippen molar-refractivity contribution in [1.29, 1.82) is 0 Å². The number of rotatable bonds is 7. The molecule has 3 fully saturated rings. The molecule has 4 N–H and O–H groups in total. The molecule has 1 heterocycles. The van der Waals surface area contributed by atoms with Gasteiger partial charge < -0.3 is 39.4 Å². The molecule has 0 amide bonds. The lowest BCUT2D eigenvalue weighted by Crippen LogP contribution is -2.65. The zero-order chi connectivity index (χ0) is 31.5. The molecule has 43 heavy (non-hydrogen) atoms. The molecular weight excluding hydrogens is 560 g/mol. The van der Waals surface area contributed by atoms with E-state index in [9.17, 15) is 34.8 Å². The van der Waals surface area contributed by atoms with Gasteiger partial charge in [0.15, 0.2) is 18.5 Å². The summed E-state index contributed by atoms with van der Waals surface area (Å²) in [6, 6.07) is 6.06. The summed E-state index contributed by atoms with van der Waals surface area (Å²) >= 11 is 0. The van der Waals surface area contributed by atoms with Crippen LogP contribution in [0.1, 0.15) is 59.4 Å². The maximum Gasteiger partial charge on any atom is 0.331 e. The molecule has 5 rings (SSSR count). The zero-order valence-electron chi connectivity index (χ0n) is 25.0. The fourth-order valence-electron chi connectivity index (χ4n) is 7.45. The van der Waals surface area contributed by atoms with Crippen LogP contribution >= 0.6 is 0 Å². The molecule has 0 unspecified atom stereocenters. The SMILES string of the molecule is CC(=O)O[C@H]1[C@H](O[C@@]23C=C(C)C4(CC4)[C@](C)(O)[C@H]2C(=O)C(C)(C)C3)O[C@H](CO)[C@@H](OC(=O)/C=C\c2ccc(O)cc2)[C@@H]1O. The number of aliphatic hydroxyl groups is 3. The topological polar surface area (TPSA) is 169 Å². The van der Waals surface area contributed by atoms with Gasteiger partial charge in [0.1, 0.15) is 29.3 Å². The Labute approximate surface area is 250 Å². The molecule has 0 bridgehead atoms. The molecule has 234 valence electrons. The van der Waals surface area contributed by atoms with E-state index < -0.39 is 77.2 Å². The van der Waals surface area contributed by atoms with Crippen LogP contribution in [0.4, 0.5) is 0 Å². The van der Waals surface area contributed by atoms with Crippen LogP contribution in [0.15, 0.2) is 42.0 Å². The number of carbonyl (C=O) groups excluding carboxylic acids is 3. The van der Waals surface area contributed by atoms with Gasteiger partial charge in [-0.25, -0.2) is 4.79 Å². The second-order valence-electron chi connectivity index (χ2n) is 13.1. The van der Waals surface area contributed by atoms with Crippen molar-refractivity contribution < 1.29 is 53.8 Å². The Morgan fingerprint density at radius 1 is 1.09 bits per heavy atom. The van der Waals surface area contributed by atoms with E-state index in [1.165, 1.54) is 18.2 Å². The van der Waals surface area contributed by atoms with Gasteiger partial charge in [-0.3, -0.25) is 9.59 Å². The van der Waals surface area contributed by atoms with Crippen LogP contribution in [0, 0.1) is 16.7 Å². The third kappa shape index (κ3) is 5.31. The molecule has 11 heteroatoms. The summed E-state index contributed by atoms with van der Waals surface area (Å²) in [7, 11) is 0. The number of hydrogen-bond donors (Lipinski definition) is 4. The number of phenolic OH excluding ortho intramolecular Hbond substituents is 1. The number of benzene rings is 1. The minimum Gasteiger partial charge on any atom is -0.508 e. The molecule has 3 aliphatic carbocycles. The van der Waals surface area contributed by atoms with Gasteiger partial charge >= 0.3 is 11.9 Å². The number of Topliss-reactive ketones (excluding diaryl/α,β-unsaturated/α-hetero) is 1. The van der Waals surface area contributed by atoms with Gasteiger partial charge in [0, 0.05) is 23.8 Å². The number of esters is 2. The van der Waals surface area contributed by atoms with Crippen molar-refractivity contribution in [3.05, 3.63) is 47.6 Å². The van der Waals surface area contributed by atoms with Gasteiger partial charge in [-0.15, -0.1) is 0 Å². The lowest BCUT2D eigenvalue weighted by molar-refractivity contribution is -0.332. The second-order valence-corrected chi connectivity index (χ2v) is 13.1. The molecule has 11 nitrogen and oxygen atoms in total. The van der Waals surface area contributed by atoms with E-state index in [0.29, 0.717) is 5.56 Å².